The van der Waals surface area contributed by atoms with Crippen molar-refractivity contribution in [3.05, 3.63) is 18.0 Å². The standard InChI is InChI=1S/C9H17N5/c1-9(2,3)13-8(10)11-6-7-4-5-12-14-7/h4-5H,6H2,1-3H3,(H,12,14)(H3,10,11,13). The summed E-state index contributed by atoms with van der Waals surface area (Å²) in [6, 6.07) is 1.87. The molecule has 0 aliphatic heterocycles. The number of hydrogen-bond donors (Lipinski definition) is 3. The van der Waals surface area contributed by atoms with Gasteiger partial charge in [-0.05, 0) is 26.8 Å². The molecule has 0 aromatic carbocycles. The van der Waals surface area contributed by atoms with Crippen LogP contribution in [0.25, 0.3) is 0 Å². The van der Waals surface area contributed by atoms with Crippen LogP contribution >= 0.6 is 0 Å². The first-order valence-corrected chi connectivity index (χ1v) is 4.54. The molecule has 78 valence electrons. The summed E-state index contributed by atoms with van der Waals surface area (Å²) >= 11 is 0. The highest BCUT2D eigenvalue weighted by atomic mass is 15.1. The number of nitrogens with zero attached hydrogens (tertiary/aromatic N) is 2. The van der Waals surface area contributed by atoms with Gasteiger partial charge in [0.05, 0.1) is 12.2 Å². The Labute approximate surface area is 83.8 Å². The van der Waals surface area contributed by atoms with Crippen LogP contribution in [-0.4, -0.2) is 21.7 Å². The average Bonchev–Trinajstić information content (AvgIpc) is 2.49. The number of aromatic nitrogens is 2. The topological polar surface area (TPSA) is 79.1 Å². The Balaban J connectivity index is 2.45. The first-order valence-electron chi connectivity index (χ1n) is 4.54. The lowest BCUT2D eigenvalue weighted by Gasteiger charge is -2.20. The van der Waals surface area contributed by atoms with Crippen LogP contribution in [0.1, 0.15) is 26.5 Å². The number of aromatic amines is 1. The zero-order valence-electron chi connectivity index (χ0n) is 8.83. The van der Waals surface area contributed by atoms with Crippen LogP contribution in [0, 0.1) is 0 Å². The maximum atomic E-state index is 5.68. The Bertz CT molecular complexity index is 294. The van der Waals surface area contributed by atoms with Crippen molar-refractivity contribution < 1.29 is 0 Å². The van der Waals surface area contributed by atoms with Crippen LogP contribution in [0.2, 0.25) is 0 Å². The summed E-state index contributed by atoms with van der Waals surface area (Å²) in [4.78, 5) is 4.16. The average molecular weight is 195 g/mol. The van der Waals surface area contributed by atoms with Crippen LogP contribution in [0.4, 0.5) is 0 Å². The minimum atomic E-state index is -0.0540. The van der Waals surface area contributed by atoms with Gasteiger partial charge in [-0.2, -0.15) is 5.10 Å². The summed E-state index contributed by atoms with van der Waals surface area (Å²) in [6.45, 7) is 6.62. The number of nitrogens with one attached hydrogen (secondary N) is 2. The van der Waals surface area contributed by atoms with Crippen molar-refractivity contribution in [2.45, 2.75) is 32.9 Å². The molecule has 0 aliphatic rings. The fourth-order valence-corrected chi connectivity index (χ4v) is 0.967. The second-order valence-electron chi connectivity index (χ2n) is 4.16. The van der Waals surface area contributed by atoms with Crippen molar-refractivity contribution in [1.29, 1.82) is 0 Å². The molecule has 0 aliphatic carbocycles. The molecule has 0 bridgehead atoms. The number of guanidine groups is 1. The molecule has 0 saturated heterocycles. The van der Waals surface area contributed by atoms with Crippen LogP contribution in [0.15, 0.2) is 17.3 Å². The van der Waals surface area contributed by atoms with Crippen LogP contribution in [0.5, 0.6) is 0 Å². The smallest absolute Gasteiger partial charge is 0.189 e. The highest BCUT2D eigenvalue weighted by Crippen LogP contribution is 1.98. The van der Waals surface area contributed by atoms with Crippen LogP contribution in [0.3, 0.4) is 0 Å². The molecular weight excluding hydrogens is 178 g/mol. The molecule has 1 rings (SSSR count). The molecule has 0 radical (unpaired) electrons. The van der Waals surface area contributed by atoms with E-state index in [1.165, 1.54) is 0 Å². The van der Waals surface area contributed by atoms with E-state index in [1.807, 2.05) is 26.8 Å². The third-order valence-corrected chi connectivity index (χ3v) is 1.48. The van der Waals surface area contributed by atoms with Gasteiger partial charge in [-0.3, -0.25) is 5.10 Å². The van der Waals surface area contributed by atoms with Crippen LogP contribution in [-0.2, 0) is 6.54 Å². The van der Waals surface area contributed by atoms with Gasteiger partial charge >= 0.3 is 0 Å². The van der Waals surface area contributed by atoms with E-state index in [0.29, 0.717) is 12.5 Å². The predicted molar refractivity (Wildman–Crippen MR) is 56.8 cm³/mol. The lowest BCUT2D eigenvalue weighted by molar-refractivity contribution is 0.508. The van der Waals surface area contributed by atoms with E-state index in [1.54, 1.807) is 6.20 Å². The van der Waals surface area contributed by atoms with Gasteiger partial charge in [0.1, 0.15) is 0 Å². The van der Waals surface area contributed by atoms with Crippen molar-refractivity contribution in [2.75, 3.05) is 0 Å². The summed E-state index contributed by atoms with van der Waals surface area (Å²) in [7, 11) is 0. The highest BCUT2D eigenvalue weighted by Gasteiger charge is 2.09. The maximum absolute atomic E-state index is 5.68. The number of nitrogens with two attached hydrogens (primary N) is 1. The van der Waals surface area contributed by atoms with Gasteiger partial charge in [0.2, 0.25) is 0 Å². The number of rotatable bonds is 2. The Morgan fingerprint density at radius 1 is 1.64 bits per heavy atom. The monoisotopic (exact) mass is 195 g/mol. The molecule has 0 unspecified atom stereocenters. The van der Waals surface area contributed by atoms with Gasteiger partial charge in [0, 0.05) is 11.7 Å². The Hall–Kier alpha value is -1.52. The third-order valence-electron chi connectivity index (χ3n) is 1.48. The van der Waals surface area contributed by atoms with Gasteiger partial charge in [0.15, 0.2) is 5.96 Å². The Morgan fingerprint density at radius 3 is 2.86 bits per heavy atom. The first-order chi connectivity index (χ1) is 6.47. The molecular formula is C9H17N5. The second kappa shape index (κ2) is 4.13. The summed E-state index contributed by atoms with van der Waals surface area (Å²) in [5, 5.41) is 9.71. The molecule has 0 amide bonds. The summed E-state index contributed by atoms with van der Waals surface area (Å²) < 4.78 is 0. The SMILES string of the molecule is CC(C)(C)NC(N)=NCc1ccn[nH]1. The maximum Gasteiger partial charge on any atom is 0.189 e. The minimum absolute atomic E-state index is 0.0540. The Morgan fingerprint density at radius 2 is 2.36 bits per heavy atom. The normalized spacial score (nSPS) is 12.9. The van der Waals surface area contributed by atoms with Crippen LogP contribution < -0.4 is 11.1 Å². The molecule has 4 N–H and O–H groups in total. The van der Waals surface area contributed by atoms with E-state index in [-0.39, 0.29) is 5.54 Å². The fraction of sp³-hybridized carbons (Fsp3) is 0.556. The zero-order chi connectivity index (χ0) is 10.6. The van der Waals surface area contributed by atoms with Gasteiger partial charge in [-0.15, -0.1) is 0 Å². The lowest BCUT2D eigenvalue weighted by Crippen LogP contribution is -2.44. The van der Waals surface area contributed by atoms with Crippen molar-refractivity contribution in [2.24, 2.45) is 10.7 Å². The summed E-state index contributed by atoms with van der Waals surface area (Å²) in [5.41, 5.74) is 6.57. The van der Waals surface area contributed by atoms with Crippen molar-refractivity contribution in [1.82, 2.24) is 15.5 Å². The van der Waals surface area contributed by atoms with E-state index in [9.17, 15) is 0 Å². The van der Waals surface area contributed by atoms with Gasteiger partial charge in [-0.1, -0.05) is 0 Å². The van der Waals surface area contributed by atoms with Crippen molar-refractivity contribution in [3.8, 4) is 0 Å². The summed E-state index contributed by atoms with van der Waals surface area (Å²) in [6.07, 6.45) is 1.69. The van der Waals surface area contributed by atoms with E-state index < -0.39 is 0 Å². The molecule has 5 nitrogen and oxygen atoms in total. The van der Waals surface area contributed by atoms with Crippen molar-refractivity contribution >= 4 is 5.96 Å². The molecule has 0 fully saturated rings. The summed E-state index contributed by atoms with van der Waals surface area (Å²) in [5.74, 6) is 0.451. The predicted octanol–water partition coefficient (Wildman–Crippen LogP) is 0.612. The first kappa shape index (κ1) is 10.6. The Kier molecular flexibility index (Phi) is 3.11. The van der Waals surface area contributed by atoms with Gasteiger partial charge < -0.3 is 11.1 Å². The van der Waals surface area contributed by atoms with E-state index in [2.05, 4.69) is 20.5 Å². The largest absolute Gasteiger partial charge is 0.370 e. The minimum Gasteiger partial charge on any atom is -0.370 e. The number of aliphatic imine (C=N–C) groups is 1. The van der Waals surface area contributed by atoms with E-state index >= 15 is 0 Å². The molecule has 1 aromatic heterocycles. The number of hydrogen-bond acceptors (Lipinski definition) is 2. The van der Waals surface area contributed by atoms with Gasteiger partial charge in [0.25, 0.3) is 0 Å². The fourth-order valence-electron chi connectivity index (χ4n) is 0.967. The second-order valence-corrected chi connectivity index (χ2v) is 4.16. The lowest BCUT2D eigenvalue weighted by atomic mass is 10.1. The molecule has 5 heteroatoms. The zero-order valence-corrected chi connectivity index (χ0v) is 8.83. The molecule has 0 atom stereocenters. The van der Waals surface area contributed by atoms with Gasteiger partial charge in [-0.25, -0.2) is 4.99 Å². The van der Waals surface area contributed by atoms with E-state index in [0.717, 1.165) is 5.69 Å². The molecule has 1 heterocycles. The van der Waals surface area contributed by atoms with E-state index in [4.69, 9.17) is 5.73 Å². The molecule has 0 spiro atoms. The molecule has 0 saturated carbocycles. The highest BCUT2D eigenvalue weighted by molar-refractivity contribution is 5.78. The molecule has 1 aromatic rings. The molecule has 14 heavy (non-hydrogen) atoms. The number of H-pyrrole nitrogens is 1. The third kappa shape index (κ3) is 3.93. The van der Waals surface area contributed by atoms with Crippen molar-refractivity contribution in [3.63, 3.8) is 0 Å². The quantitative estimate of drug-likeness (QED) is 0.478.